The minimum Gasteiger partial charge on any atom is -0.464 e. The topological polar surface area (TPSA) is 335 Å². The molecule has 95 heavy (non-hydrogen) atoms. The molecule has 0 aromatic carbocycles. The Morgan fingerprint density at radius 2 is 1.01 bits per heavy atom. The lowest BCUT2D eigenvalue weighted by atomic mass is 9.91. The van der Waals surface area contributed by atoms with Crippen molar-refractivity contribution >= 4 is 70.9 Å². The first kappa shape index (κ1) is 86.3. The van der Waals surface area contributed by atoms with Crippen LogP contribution in [0.2, 0.25) is 0 Å². The Hall–Kier alpha value is -6.74. The average molecular weight is 1350 g/mol. The zero-order valence-corrected chi connectivity index (χ0v) is 61.9. The summed E-state index contributed by atoms with van der Waals surface area (Å²) in [6, 6.07) is -15.3. The highest BCUT2D eigenvalue weighted by Gasteiger charge is 2.47. The summed E-state index contributed by atoms with van der Waals surface area (Å²) in [5.74, 6) is -11.8. The molecular formula is C68H121N11O16. The Balaban J connectivity index is 4.60. The van der Waals surface area contributed by atoms with Gasteiger partial charge in [0.1, 0.15) is 73.1 Å². The van der Waals surface area contributed by atoms with E-state index in [2.05, 4.69) is 21.3 Å². The fraction of sp³-hybridized carbons (Fsp3) is 0.794. The molecule has 0 radical (unpaired) electrons. The van der Waals surface area contributed by atoms with Crippen molar-refractivity contribution in [1.82, 2.24) is 55.6 Å². The normalized spacial score (nSPS) is 26.2. The van der Waals surface area contributed by atoms with Crippen molar-refractivity contribution in [2.45, 2.75) is 248 Å². The van der Waals surface area contributed by atoms with Crippen molar-refractivity contribution < 1.29 is 77.2 Å². The third kappa shape index (κ3) is 25.3. The summed E-state index contributed by atoms with van der Waals surface area (Å²) in [4.78, 5) is 184. The molecule has 0 aliphatic carbocycles. The van der Waals surface area contributed by atoms with Crippen molar-refractivity contribution in [3.8, 4) is 0 Å². The van der Waals surface area contributed by atoms with Crippen LogP contribution in [-0.2, 0) is 67.0 Å². The lowest BCUT2D eigenvalue weighted by Crippen LogP contribution is -2.64. The molecule has 1 rings (SSSR count). The predicted octanol–water partition coefficient (Wildman–Crippen LogP) is 2.72. The zero-order valence-electron chi connectivity index (χ0n) is 61.9. The molecule has 1 saturated heterocycles. The molecule has 1 aliphatic rings. The van der Waals surface area contributed by atoms with Crippen LogP contribution >= 0.6 is 0 Å². The highest BCUT2D eigenvalue weighted by Crippen LogP contribution is 2.26. The Morgan fingerprint density at radius 3 is 1.51 bits per heavy atom. The summed E-state index contributed by atoms with van der Waals surface area (Å²) in [6.07, 6.45) is 2.39. The number of hydrogen-bond donors (Lipinski definition) is 6. The quantitative estimate of drug-likeness (QED) is 0.0711. The summed E-state index contributed by atoms with van der Waals surface area (Å²) < 4.78 is 10.8. The first-order valence-electron chi connectivity index (χ1n) is 33.7. The second-order valence-electron chi connectivity index (χ2n) is 28.4. The molecule has 0 bridgehead atoms. The monoisotopic (exact) mass is 1350 g/mol. The number of rotatable bonds is 21. The van der Waals surface area contributed by atoms with Gasteiger partial charge in [0, 0.05) is 55.8 Å². The van der Waals surface area contributed by atoms with E-state index < -0.39 is 187 Å². The maximum atomic E-state index is 15.4. The number of aliphatic hydroxyl groups excluding tert-OH is 1. The molecule has 27 nitrogen and oxygen atoms in total. The van der Waals surface area contributed by atoms with Crippen LogP contribution in [0.15, 0.2) is 12.2 Å². The lowest BCUT2D eigenvalue weighted by molar-refractivity contribution is -0.158. The van der Waals surface area contributed by atoms with Crippen LogP contribution in [0.5, 0.6) is 0 Å². The number of aliphatic hydroxyl groups is 2. The number of amides is 11. The Bertz CT molecular complexity index is 2630. The molecule has 1 aliphatic heterocycles. The number of allylic oxidation sites excluding steroid dienone is 2. The van der Waals surface area contributed by atoms with Crippen LogP contribution in [0.25, 0.3) is 0 Å². The van der Waals surface area contributed by atoms with E-state index in [1.54, 1.807) is 67.5 Å². The van der Waals surface area contributed by atoms with Crippen LogP contribution in [0.4, 0.5) is 0 Å². The van der Waals surface area contributed by atoms with Crippen molar-refractivity contribution in [1.29, 1.82) is 0 Å². The molecule has 0 unspecified atom stereocenters. The number of esters is 1. The van der Waals surface area contributed by atoms with Crippen LogP contribution in [0, 0.1) is 35.5 Å². The van der Waals surface area contributed by atoms with E-state index in [1.165, 1.54) is 91.7 Å². The average Bonchev–Trinajstić information content (AvgIpc) is 0.834. The van der Waals surface area contributed by atoms with Gasteiger partial charge in [-0.1, -0.05) is 95.2 Å². The second-order valence-corrected chi connectivity index (χ2v) is 28.4. The minimum atomic E-state index is -1.73. The summed E-state index contributed by atoms with van der Waals surface area (Å²) in [5, 5.41) is 34.4. The predicted molar refractivity (Wildman–Crippen MR) is 361 cm³/mol. The molecule has 1 heterocycles. The fourth-order valence-electron chi connectivity index (χ4n) is 11.5. The van der Waals surface area contributed by atoms with Gasteiger partial charge in [-0.2, -0.15) is 0 Å². The Kier molecular flexibility index (Phi) is 35.8. The third-order valence-electron chi connectivity index (χ3n) is 17.5. The standard InChI is InChI=1S/C68H121N11O16/c1-26-29-30-43(14)56(81)55-60(85)71-46(27-2)62(87)77(23)51(36-94-37-52(80)95-28-3)65(90)76(22)50(35-68(17,18)93)59(84)72-53(41(10)11)66(91)74(20)48(33-39(6)7)58(83)69-44(15)57(82)70-45(16)61(86)75(21)49(34-40(8)9)64(89)73(19)47(32-31-38(4)5)63(88)78(24)54(42(12)13)67(92)79(55)25/h26,29,38-51,53-56,81,93H,27-28,30-37H2,1-25H3,(H,69,83)(H,70,82)(H,71,85)(H,72,84)/b29-26+/t43-,44-,45+,46-,47-,48-,49+,50+,51-,53-,54-,55+,56-/m1/s1. The van der Waals surface area contributed by atoms with Gasteiger partial charge in [0.05, 0.1) is 24.9 Å². The van der Waals surface area contributed by atoms with Gasteiger partial charge in [-0.15, -0.1) is 0 Å². The summed E-state index contributed by atoms with van der Waals surface area (Å²) in [5.41, 5.74) is -1.67. The fourth-order valence-corrected chi connectivity index (χ4v) is 11.5. The van der Waals surface area contributed by atoms with Crippen LogP contribution in [0.3, 0.4) is 0 Å². The number of nitrogens with zero attached hydrogens (tertiary/aromatic N) is 7. The molecule has 544 valence electrons. The molecule has 27 heteroatoms. The SMILES string of the molecule is C/C=C/C[C@@H](C)[C@@H](O)[C@H]1C(=O)N[C@H](CC)C(=O)N(C)[C@H](COCC(=O)OCC)C(=O)N(C)[C@@H](CC(C)(C)O)C(=O)N[C@H](C(C)C)C(=O)N(C)[C@H](CC(C)C)C(=O)N[C@H](C)C(=O)N[C@@H](C)C(=O)N(C)[C@@H](CC(C)C)C(=O)N(C)[C@H](CCC(C)C)C(=O)N(C)[C@H](C(C)C)C(=O)N1C. The largest absolute Gasteiger partial charge is 0.464 e. The molecule has 1 fully saturated rings. The van der Waals surface area contributed by atoms with Crippen LogP contribution < -0.4 is 21.3 Å². The molecule has 11 amide bonds. The van der Waals surface area contributed by atoms with E-state index >= 15 is 28.8 Å². The number of ether oxygens (including phenoxy) is 2. The van der Waals surface area contributed by atoms with E-state index in [1.807, 2.05) is 41.5 Å². The highest BCUT2D eigenvalue weighted by atomic mass is 16.6. The second kappa shape index (κ2) is 39.5. The van der Waals surface area contributed by atoms with Gasteiger partial charge < -0.3 is 75.3 Å². The number of likely N-dealkylation sites (N-methyl/N-ethyl adjacent to an activating group) is 7. The van der Waals surface area contributed by atoms with E-state index in [0.29, 0.717) is 6.42 Å². The smallest absolute Gasteiger partial charge is 0.332 e. The molecule has 6 N–H and O–H groups in total. The molecular weight excluding hydrogens is 1230 g/mol. The van der Waals surface area contributed by atoms with Gasteiger partial charge in [0.25, 0.3) is 0 Å². The molecule has 0 aromatic rings. The van der Waals surface area contributed by atoms with E-state index in [-0.39, 0.29) is 56.5 Å². The van der Waals surface area contributed by atoms with Crippen LogP contribution in [0.1, 0.15) is 170 Å². The molecule has 13 atom stereocenters. The van der Waals surface area contributed by atoms with Gasteiger partial charge in [-0.25, -0.2) is 4.79 Å². The van der Waals surface area contributed by atoms with Gasteiger partial charge in [0.15, 0.2) is 0 Å². The van der Waals surface area contributed by atoms with Gasteiger partial charge in [-0.05, 0) is 116 Å². The number of carbonyl (C=O) groups is 12. The number of carbonyl (C=O) groups excluding carboxylic acids is 12. The van der Waals surface area contributed by atoms with Crippen LogP contribution in [-0.4, -0.2) is 263 Å². The minimum absolute atomic E-state index is 0.00665. The van der Waals surface area contributed by atoms with E-state index in [0.717, 1.165) is 19.6 Å². The molecule has 0 saturated carbocycles. The van der Waals surface area contributed by atoms with Gasteiger partial charge in [0.2, 0.25) is 65.0 Å². The molecule has 0 spiro atoms. The highest BCUT2D eigenvalue weighted by molar-refractivity contribution is 6.00. The summed E-state index contributed by atoms with van der Waals surface area (Å²) in [7, 11) is 9.45. The summed E-state index contributed by atoms with van der Waals surface area (Å²) in [6.45, 7) is 28.8. The van der Waals surface area contributed by atoms with E-state index in [9.17, 15) is 39.0 Å². The lowest BCUT2D eigenvalue weighted by Gasteiger charge is -2.41. The molecule has 0 aromatic heterocycles. The third-order valence-corrected chi connectivity index (χ3v) is 17.5. The maximum Gasteiger partial charge on any atom is 0.332 e. The van der Waals surface area contributed by atoms with E-state index in [4.69, 9.17) is 9.47 Å². The first-order valence-corrected chi connectivity index (χ1v) is 33.7. The zero-order chi connectivity index (χ0) is 73.6. The number of hydrogen-bond acceptors (Lipinski definition) is 16. The Morgan fingerprint density at radius 1 is 0.537 bits per heavy atom. The summed E-state index contributed by atoms with van der Waals surface area (Å²) >= 11 is 0. The van der Waals surface area contributed by atoms with Crippen molar-refractivity contribution in [2.75, 3.05) is 69.2 Å². The maximum absolute atomic E-state index is 15.4. The van der Waals surface area contributed by atoms with Crippen molar-refractivity contribution in [3.63, 3.8) is 0 Å². The first-order chi connectivity index (χ1) is 43.9. The van der Waals surface area contributed by atoms with Crippen molar-refractivity contribution in [2.24, 2.45) is 35.5 Å². The van der Waals surface area contributed by atoms with Gasteiger partial charge >= 0.3 is 5.97 Å². The number of nitrogens with one attached hydrogen (secondary N) is 4. The van der Waals surface area contributed by atoms with Gasteiger partial charge in [-0.3, -0.25) is 52.7 Å². The Labute approximate surface area is 566 Å². The van der Waals surface area contributed by atoms with Crippen molar-refractivity contribution in [3.05, 3.63) is 12.2 Å².